The number of amides is 1. The Kier molecular flexibility index (Phi) is 5.22. The number of nitrogens with two attached hydrogens (primary N) is 1. The number of benzene rings is 1. The summed E-state index contributed by atoms with van der Waals surface area (Å²) in [5, 5.41) is 0. The van der Waals surface area contributed by atoms with Crippen molar-refractivity contribution in [2.45, 2.75) is 51.6 Å². The average Bonchev–Trinajstić information content (AvgIpc) is 2.40. The lowest BCUT2D eigenvalue weighted by atomic mass is 9.98. The van der Waals surface area contributed by atoms with Crippen molar-refractivity contribution in [2.24, 2.45) is 5.73 Å². The summed E-state index contributed by atoms with van der Waals surface area (Å²) in [5.41, 5.74) is 8.38. The SMILES string of the molecule is Cc1cc(CCC(=O)N2CCC(N)CC2C)ccc1Br. The summed E-state index contributed by atoms with van der Waals surface area (Å²) in [6.45, 7) is 4.98. The molecular weight excluding hydrogens is 316 g/mol. The van der Waals surface area contributed by atoms with Crippen LogP contribution in [0.2, 0.25) is 0 Å². The molecule has 2 N–H and O–H groups in total. The van der Waals surface area contributed by atoms with Gasteiger partial charge in [-0.1, -0.05) is 28.1 Å². The first-order chi connectivity index (χ1) is 9.47. The lowest BCUT2D eigenvalue weighted by Crippen LogP contribution is -2.48. The number of aryl methyl sites for hydroxylation is 2. The van der Waals surface area contributed by atoms with Gasteiger partial charge >= 0.3 is 0 Å². The second-order valence-electron chi connectivity index (χ2n) is 5.80. The summed E-state index contributed by atoms with van der Waals surface area (Å²) in [6, 6.07) is 6.81. The van der Waals surface area contributed by atoms with Crippen LogP contribution >= 0.6 is 15.9 Å². The molecule has 110 valence electrons. The Bertz CT molecular complexity index is 489. The van der Waals surface area contributed by atoms with Gasteiger partial charge in [-0.25, -0.2) is 0 Å². The van der Waals surface area contributed by atoms with Crippen molar-refractivity contribution in [3.05, 3.63) is 33.8 Å². The van der Waals surface area contributed by atoms with Crippen LogP contribution in [-0.2, 0) is 11.2 Å². The summed E-state index contributed by atoms with van der Waals surface area (Å²) in [5.74, 6) is 0.255. The first kappa shape index (κ1) is 15.5. The maximum Gasteiger partial charge on any atom is 0.223 e. The molecule has 0 aromatic heterocycles. The third-order valence-corrected chi connectivity index (χ3v) is 4.98. The zero-order chi connectivity index (χ0) is 14.7. The topological polar surface area (TPSA) is 46.3 Å². The van der Waals surface area contributed by atoms with Crippen molar-refractivity contribution in [3.63, 3.8) is 0 Å². The molecule has 0 aliphatic carbocycles. The number of piperidine rings is 1. The number of hydrogen-bond donors (Lipinski definition) is 1. The van der Waals surface area contributed by atoms with Crippen molar-refractivity contribution < 1.29 is 4.79 Å². The number of rotatable bonds is 3. The largest absolute Gasteiger partial charge is 0.340 e. The van der Waals surface area contributed by atoms with Crippen LogP contribution in [0, 0.1) is 6.92 Å². The number of halogens is 1. The van der Waals surface area contributed by atoms with Gasteiger partial charge in [0.1, 0.15) is 0 Å². The van der Waals surface area contributed by atoms with Crippen molar-refractivity contribution in [1.29, 1.82) is 0 Å². The van der Waals surface area contributed by atoms with E-state index in [9.17, 15) is 4.79 Å². The fraction of sp³-hybridized carbons (Fsp3) is 0.562. The zero-order valence-electron chi connectivity index (χ0n) is 12.2. The molecule has 0 spiro atoms. The van der Waals surface area contributed by atoms with Crippen LogP contribution < -0.4 is 5.73 Å². The van der Waals surface area contributed by atoms with Crippen LogP contribution in [0.15, 0.2) is 22.7 Å². The van der Waals surface area contributed by atoms with E-state index in [1.807, 2.05) is 4.90 Å². The predicted octanol–water partition coefficient (Wildman–Crippen LogP) is 3.03. The van der Waals surface area contributed by atoms with E-state index in [2.05, 4.69) is 48.0 Å². The van der Waals surface area contributed by atoms with Crippen LogP contribution in [-0.4, -0.2) is 29.4 Å². The number of hydrogen-bond acceptors (Lipinski definition) is 2. The Morgan fingerprint density at radius 1 is 1.50 bits per heavy atom. The number of carbonyl (C=O) groups excluding carboxylic acids is 1. The first-order valence-electron chi connectivity index (χ1n) is 7.27. The molecule has 1 aliphatic rings. The van der Waals surface area contributed by atoms with E-state index in [-0.39, 0.29) is 18.0 Å². The van der Waals surface area contributed by atoms with Gasteiger partial charge in [0.2, 0.25) is 5.91 Å². The molecule has 1 aliphatic heterocycles. The molecule has 2 rings (SSSR count). The van der Waals surface area contributed by atoms with E-state index < -0.39 is 0 Å². The van der Waals surface area contributed by atoms with Crippen molar-refractivity contribution in [3.8, 4) is 0 Å². The summed E-state index contributed by atoms with van der Waals surface area (Å²) >= 11 is 3.50. The van der Waals surface area contributed by atoms with E-state index >= 15 is 0 Å². The van der Waals surface area contributed by atoms with Crippen LogP contribution in [0.3, 0.4) is 0 Å². The Morgan fingerprint density at radius 3 is 2.90 bits per heavy atom. The Hall–Kier alpha value is -0.870. The van der Waals surface area contributed by atoms with Crippen LogP contribution in [0.25, 0.3) is 0 Å². The quantitative estimate of drug-likeness (QED) is 0.920. The molecule has 0 bridgehead atoms. The molecule has 1 saturated heterocycles. The summed E-state index contributed by atoms with van der Waals surface area (Å²) < 4.78 is 1.12. The molecule has 3 nitrogen and oxygen atoms in total. The van der Waals surface area contributed by atoms with E-state index in [1.165, 1.54) is 11.1 Å². The average molecular weight is 339 g/mol. The van der Waals surface area contributed by atoms with Gasteiger partial charge in [0, 0.05) is 29.5 Å². The fourth-order valence-corrected chi connectivity index (χ4v) is 3.08. The van der Waals surface area contributed by atoms with E-state index in [0.29, 0.717) is 6.42 Å². The lowest BCUT2D eigenvalue weighted by molar-refractivity contribution is -0.134. The Morgan fingerprint density at radius 2 is 2.25 bits per heavy atom. The minimum absolute atomic E-state index is 0.253. The molecule has 2 unspecified atom stereocenters. The molecule has 20 heavy (non-hydrogen) atoms. The molecule has 4 heteroatoms. The van der Waals surface area contributed by atoms with Crippen molar-refractivity contribution in [1.82, 2.24) is 4.90 Å². The molecule has 1 heterocycles. The lowest BCUT2D eigenvalue weighted by Gasteiger charge is -2.36. The zero-order valence-corrected chi connectivity index (χ0v) is 13.8. The normalized spacial score (nSPS) is 22.9. The smallest absolute Gasteiger partial charge is 0.223 e. The maximum atomic E-state index is 12.3. The highest BCUT2D eigenvalue weighted by Gasteiger charge is 2.26. The molecule has 1 aromatic rings. The van der Waals surface area contributed by atoms with Gasteiger partial charge in [0.25, 0.3) is 0 Å². The van der Waals surface area contributed by atoms with E-state index in [4.69, 9.17) is 5.73 Å². The molecule has 1 aromatic carbocycles. The van der Waals surface area contributed by atoms with Gasteiger partial charge in [0.15, 0.2) is 0 Å². The highest BCUT2D eigenvalue weighted by Crippen LogP contribution is 2.20. The van der Waals surface area contributed by atoms with Crippen LogP contribution in [0.5, 0.6) is 0 Å². The monoisotopic (exact) mass is 338 g/mol. The first-order valence-corrected chi connectivity index (χ1v) is 8.06. The van der Waals surface area contributed by atoms with Gasteiger partial charge in [-0.3, -0.25) is 4.79 Å². The van der Waals surface area contributed by atoms with E-state index in [0.717, 1.165) is 30.3 Å². The van der Waals surface area contributed by atoms with Gasteiger partial charge < -0.3 is 10.6 Å². The van der Waals surface area contributed by atoms with Crippen LogP contribution in [0.1, 0.15) is 37.3 Å². The summed E-state index contributed by atoms with van der Waals surface area (Å²) in [7, 11) is 0. The van der Waals surface area contributed by atoms with Crippen LogP contribution in [0.4, 0.5) is 0 Å². The summed E-state index contributed by atoms with van der Waals surface area (Å²) in [4.78, 5) is 14.3. The minimum Gasteiger partial charge on any atom is -0.340 e. The molecule has 2 atom stereocenters. The van der Waals surface area contributed by atoms with Gasteiger partial charge in [-0.15, -0.1) is 0 Å². The highest BCUT2D eigenvalue weighted by atomic mass is 79.9. The third kappa shape index (κ3) is 3.83. The standard InChI is InChI=1S/C16H23BrN2O/c1-11-9-13(3-5-15(11)17)4-6-16(20)19-8-7-14(18)10-12(19)2/h3,5,9,12,14H,4,6-8,10,18H2,1-2H3. The second-order valence-corrected chi connectivity index (χ2v) is 6.66. The van der Waals surface area contributed by atoms with Gasteiger partial charge in [-0.2, -0.15) is 0 Å². The Balaban J connectivity index is 1.90. The minimum atomic E-state index is 0.253. The van der Waals surface area contributed by atoms with Crippen molar-refractivity contribution in [2.75, 3.05) is 6.54 Å². The molecular formula is C16H23BrN2O. The third-order valence-electron chi connectivity index (χ3n) is 4.09. The van der Waals surface area contributed by atoms with Crippen molar-refractivity contribution >= 4 is 21.8 Å². The van der Waals surface area contributed by atoms with E-state index in [1.54, 1.807) is 0 Å². The molecule has 1 amide bonds. The molecule has 0 saturated carbocycles. The molecule has 1 fully saturated rings. The number of carbonyl (C=O) groups is 1. The fourth-order valence-electron chi connectivity index (χ4n) is 2.84. The highest BCUT2D eigenvalue weighted by molar-refractivity contribution is 9.10. The molecule has 0 radical (unpaired) electrons. The summed E-state index contributed by atoms with van der Waals surface area (Å²) in [6.07, 6.45) is 3.24. The maximum absolute atomic E-state index is 12.3. The number of nitrogens with zero attached hydrogens (tertiary/aromatic N) is 1. The van der Waals surface area contributed by atoms with Gasteiger partial charge in [-0.05, 0) is 50.3 Å². The Labute approximate surface area is 129 Å². The second kappa shape index (κ2) is 6.72. The van der Waals surface area contributed by atoms with Gasteiger partial charge in [0.05, 0.1) is 0 Å². The predicted molar refractivity (Wildman–Crippen MR) is 85.6 cm³/mol. The number of likely N-dealkylation sites (tertiary alicyclic amines) is 1.